The average Bonchev–Trinajstić information content (AvgIpc) is 2.51. The highest BCUT2D eigenvalue weighted by Crippen LogP contribution is 2.25. The third-order valence-electron chi connectivity index (χ3n) is 4.24. The molecule has 0 aliphatic heterocycles. The van der Waals surface area contributed by atoms with Crippen molar-refractivity contribution < 1.29 is 4.74 Å². The number of nitrogens with one attached hydrogen (secondary N) is 1. The number of aromatic nitrogens is 2. The minimum atomic E-state index is 0.524. The molecule has 1 aromatic rings. The smallest absolute Gasteiger partial charge is 0.228 e. The third kappa shape index (κ3) is 4.30. The standard InChI is InChI=1S/C16H28N4O/c1-5-10-21-15-11-12(2)18-16(19-15)20(4)14-8-6-13(17-3)7-9-14/h11,13-14,17H,5-10H2,1-4H3. The van der Waals surface area contributed by atoms with Crippen molar-refractivity contribution in [2.24, 2.45) is 0 Å². The first kappa shape index (κ1) is 16.0. The Bertz CT molecular complexity index is 444. The second-order valence-corrected chi connectivity index (χ2v) is 5.90. The van der Waals surface area contributed by atoms with Crippen LogP contribution in [-0.2, 0) is 0 Å². The highest BCUT2D eigenvalue weighted by molar-refractivity contribution is 5.34. The minimum absolute atomic E-state index is 0.524. The maximum absolute atomic E-state index is 5.66. The van der Waals surface area contributed by atoms with Gasteiger partial charge in [0.25, 0.3) is 0 Å². The van der Waals surface area contributed by atoms with Gasteiger partial charge in [0.2, 0.25) is 11.8 Å². The highest BCUT2D eigenvalue weighted by Gasteiger charge is 2.24. The van der Waals surface area contributed by atoms with E-state index in [4.69, 9.17) is 4.74 Å². The summed E-state index contributed by atoms with van der Waals surface area (Å²) >= 11 is 0. The molecule has 1 aliphatic carbocycles. The minimum Gasteiger partial charge on any atom is -0.478 e. The number of hydrogen-bond acceptors (Lipinski definition) is 5. The number of hydrogen-bond donors (Lipinski definition) is 1. The van der Waals surface area contributed by atoms with Gasteiger partial charge in [-0.3, -0.25) is 0 Å². The zero-order chi connectivity index (χ0) is 15.2. The van der Waals surface area contributed by atoms with Gasteiger partial charge in [-0.25, -0.2) is 4.98 Å². The highest BCUT2D eigenvalue weighted by atomic mass is 16.5. The molecule has 0 spiro atoms. The van der Waals surface area contributed by atoms with Crippen LogP contribution in [0.15, 0.2) is 6.07 Å². The molecule has 5 heteroatoms. The largest absolute Gasteiger partial charge is 0.478 e. The van der Waals surface area contributed by atoms with Crippen molar-refractivity contribution in [1.82, 2.24) is 15.3 Å². The van der Waals surface area contributed by atoms with E-state index in [1.165, 1.54) is 25.7 Å². The molecular formula is C16H28N4O. The molecule has 1 fully saturated rings. The molecule has 1 saturated carbocycles. The van der Waals surface area contributed by atoms with Crippen molar-refractivity contribution in [1.29, 1.82) is 0 Å². The molecule has 2 rings (SSSR count). The van der Waals surface area contributed by atoms with Crippen LogP contribution in [0.4, 0.5) is 5.95 Å². The Morgan fingerprint density at radius 2 is 2.00 bits per heavy atom. The Kier molecular flexibility index (Phi) is 5.79. The molecule has 0 radical (unpaired) electrons. The summed E-state index contributed by atoms with van der Waals surface area (Å²) < 4.78 is 5.66. The molecule has 0 bridgehead atoms. The summed E-state index contributed by atoms with van der Waals surface area (Å²) in [5.41, 5.74) is 0.960. The van der Waals surface area contributed by atoms with Gasteiger partial charge in [-0.05, 0) is 46.1 Å². The van der Waals surface area contributed by atoms with Crippen molar-refractivity contribution in [2.45, 2.75) is 58.0 Å². The second kappa shape index (κ2) is 7.59. The lowest BCUT2D eigenvalue weighted by Crippen LogP contribution is -2.40. The van der Waals surface area contributed by atoms with Gasteiger partial charge in [-0.1, -0.05) is 6.92 Å². The third-order valence-corrected chi connectivity index (χ3v) is 4.24. The maximum atomic E-state index is 5.66. The lowest BCUT2D eigenvalue weighted by Gasteiger charge is -2.34. The van der Waals surface area contributed by atoms with E-state index in [2.05, 4.69) is 41.2 Å². The Balaban J connectivity index is 2.04. The maximum Gasteiger partial charge on any atom is 0.228 e. The summed E-state index contributed by atoms with van der Waals surface area (Å²) in [6, 6.07) is 3.09. The molecule has 1 aromatic heterocycles. The number of rotatable bonds is 6. The monoisotopic (exact) mass is 292 g/mol. The van der Waals surface area contributed by atoms with Gasteiger partial charge in [0, 0.05) is 30.9 Å². The van der Waals surface area contributed by atoms with E-state index >= 15 is 0 Å². The van der Waals surface area contributed by atoms with Crippen LogP contribution in [0.3, 0.4) is 0 Å². The van der Waals surface area contributed by atoms with Gasteiger partial charge >= 0.3 is 0 Å². The fourth-order valence-corrected chi connectivity index (χ4v) is 2.88. The molecule has 5 nitrogen and oxygen atoms in total. The van der Waals surface area contributed by atoms with Crippen LogP contribution in [0.1, 0.15) is 44.7 Å². The van der Waals surface area contributed by atoms with E-state index in [-0.39, 0.29) is 0 Å². The van der Waals surface area contributed by atoms with Crippen molar-refractivity contribution in [2.75, 3.05) is 25.6 Å². The second-order valence-electron chi connectivity index (χ2n) is 5.90. The molecule has 21 heavy (non-hydrogen) atoms. The van der Waals surface area contributed by atoms with Crippen molar-refractivity contribution >= 4 is 5.95 Å². The quantitative estimate of drug-likeness (QED) is 0.873. The van der Waals surface area contributed by atoms with Crippen molar-refractivity contribution in [3.05, 3.63) is 11.8 Å². The normalized spacial score (nSPS) is 22.1. The molecule has 0 atom stereocenters. The molecule has 0 amide bonds. The van der Waals surface area contributed by atoms with Gasteiger partial charge in [0.05, 0.1) is 6.61 Å². The fourth-order valence-electron chi connectivity index (χ4n) is 2.88. The first-order valence-electron chi connectivity index (χ1n) is 8.02. The van der Waals surface area contributed by atoms with Gasteiger partial charge in [-0.15, -0.1) is 0 Å². The van der Waals surface area contributed by atoms with E-state index < -0.39 is 0 Å². The molecular weight excluding hydrogens is 264 g/mol. The molecule has 1 N–H and O–H groups in total. The number of anilines is 1. The molecule has 0 unspecified atom stereocenters. The van der Waals surface area contributed by atoms with Gasteiger partial charge in [0.15, 0.2) is 0 Å². The lowest BCUT2D eigenvalue weighted by atomic mass is 9.90. The summed E-state index contributed by atoms with van der Waals surface area (Å²) in [6.45, 7) is 4.80. The van der Waals surface area contributed by atoms with E-state index in [0.29, 0.717) is 24.6 Å². The Morgan fingerprint density at radius 1 is 1.29 bits per heavy atom. The van der Waals surface area contributed by atoms with Gasteiger partial charge in [0.1, 0.15) is 0 Å². The van der Waals surface area contributed by atoms with Gasteiger partial charge in [-0.2, -0.15) is 4.98 Å². The molecule has 0 aromatic carbocycles. The zero-order valence-electron chi connectivity index (χ0n) is 13.7. The number of ether oxygens (including phenoxy) is 1. The summed E-state index contributed by atoms with van der Waals surface area (Å²) in [5.74, 6) is 1.48. The zero-order valence-corrected chi connectivity index (χ0v) is 13.7. The van der Waals surface area contributed by atoms with E-state index in [0.717, 1.165) is 18.1 Å². The molecule has 1 aliphatic rings. The van der Waals surface area contributed by atoms with E-state index in [9.17, 15) is 0 Å². The van der Waals surface area contributed by atoms with Gasteiger partial charge < -0.3 is 15.0 Å². The fraction of sp³-hybridized carbons (Fsp3) is 0.750. The van der Waals surface area contributed by atoms with Crippen LogP contribution >= 0.6 is 0 Å². The van der Waals surface area contributed by atoms with Crippen LogP contribution in [0.25, 0.3) is 0 Å². The SMILES string of the molecule is CCCOc1cc(C)nc(N(C)C2CCC(NC)CC2)n1. The van der Waals surface area contributed by atoms with Crippen LogP contribution in [0.5, 0.6) is 5.88 Å². The van der Waals surface area contributed by atoms with Crippen molar-refractivity contribution in [3.8, 4) is 5.88 Å². The van der Waals surface area contributed by atoms with Crippen LogP contribution in [0, 0.1) is 6.92 Å². The predicted molar refractivity (Wildman–Crippen MR) is 86.1 cm³/mol. The van der Waals surface area contributed by atoms with E-state index in [1.54, 1.807) is 0 Å². The topological polar surface area (TPSA) is 50.3 Å². The first-order valence-corrected chi connectivity index (χ1v) is 8.02. The Labute approximate surface area is 128 Å². The van der Waals surface area contributed by atoms with Crippen LogP contribution in [-0.4, -0.2) is 42.8 Å². The lowest BCUT2D eigenvalue weighted by molar-refractivity contribution is 0.303. The van der Waals surface area contributed by atoms with Crippen molar-refractivity contribution in [3.63, 3.8) is 0 Å². The summed E-state index contributed by atoms with van der Waals surface area (Å²) in [5, 5.41) is 3.37. The van der Waals surface area contributed by atoms with Crippen LogP contribution < -0.4 is 15.0 Å². The van der Waals surface area contributed by atoms with E-state index in [1.807, 2.05) is 13.0 Å². The summed E-state index contributed by atoms with van der Waals surface area (Å²) in [4.78, 5) is 11.4. The number of aryl methyl sites for hydroxylation is 1. The Morgan fingerprint density at radius 3 is 2.62 bits per heavy atom. The average molecular weight is 292 g/mol. The molecule has 1 heterocycles. The molecule has 118 valence electrons. The Hall–Kier alpha value is -1.36. The predicted octanol–water partition coefficient (Wildman–Crippen LogP) is 2.54. The summed E-state index contributed by atoms with van der Waals surface area (Å²) in [6.07, 6.45) is 5.80. The number of nitrogens with zero attached hydrogens (tertiary/aromatic N) is 3. The van der Waals surface area contributed by atoms with Crippen LogP contribution in [0.2, 0.25) is 0 Å². The summed E-state index contributed by atoms with van der Waals surface area (Å²) in [7, 11) is 4.15. The molecule has 0 saturated heterocycles. The first-order chi connectivity index (χ1) is 10.1.